The molecule has 114 heavy (non-hydrogen) atoms. The summed E-state index contributed by atoms with van der Waals surface area (Å²) in [7, 11) is 0. The van der Waals surface area contributed by atoms with Gasteiger partial charge >= 0.3 is 0 Å². The first kappa shape index (κ1) is 69.2. The lowest BCUT2D eigenvalue weighted by molar-refractivity contribution is 0.568. The van der Waals surface area contributed by atoms with Crippen molar-refractivity contribution >= 4 is 86.2 Å². The normalized spacial score (nSPS) is 12.7. The minimum absolute atomic E-state index is 0.132. The molecule has 0 unspecified atom stereocenters. The Hall–Kier alpha value is -12.7. The molecule has 0 aliphatic heterocycles. The molecular formula is C114H90. The first-order valence-electron chi connectivity index (χ1n) is 40.9. The monoisotopic (exact) mass is 1460 g/mol. The Kier molecular flexibility index (Phi) is 15.4. The van der Waals surface area contributed by atoms with E-state index in [1.54, 1.807) is 0 Å². The van der Waals surface area contributed by atoms with Gasteiger partial charge < -0.3 is 0 Å². The van der Waals surface area contributed by atoms with Gasteiger partial charge in [-0.1, -0.05) is 386 Å². The van der Waals surface area contributed by atoms with E-state index in [0.717, 1.165) is 0 Å². The molecule has 0 aromatic heterocycles. The number of rotatable bonds is 8. The van der Waals surface area contributed by atoms with Gasteiger partial charge in [-0.15, -0.1) is 0 Å². The molecule has 0 heterocycles. The van der Waals surface area contributed by atoms with Crippen molar-refractivity contribution in [1.29, 1.82) is 0 Å². The number of fused-ring (bicyclic) bond motifs is 9. The summed E-state index contributed by atoms with van der Waals surface area (Å²) in [4.78, 5) is 0. The highest BCUT2D eigenvalue weighted by Gasteiger charge is 2.31. The molecule has 2 aliphatic carbocycles. The van der Waals surface area contributed by atoms with Crippen LogP contribution in [0.15, 0.2) is 328 Å². The second kappa shape index (κ2) is 25.4. The van der Waals surface area contributed by atoms with E-state index in [2.05, 4.69) is 411 Å². The maximum atomic E-state index is 2.58. The molecule has 0 spiro atoms. The molecule has 0 radical (unpaired) electrons. The van der Waals surface area contributed by atoms with Crippen molar-refractivity contribution in [3.05, 3.63) is 392 Å². The van der Waals surface area contributed by atoms with E-state index in [9.17, 15) is 0 Å². The summed E-state index contributed by atoms with van der Waals surface area (Å²) in [5, 5.41) is 30.2. The number of benzene rings is 19. The second-order valence-corrected chi connectivity index (χ2v) is 36.5. The van der Waals surface area contributed by atoms with E-state index in [-0.39, 0.29) is 21.7 Å². The van der Waals surface area contributed by atoms with E-state index >= 15 is 0 Å². The third-order valence-electron chi connectivity index (χ3n) is 25.4. The van der Waals surface area contributed by atoms with Crippen LogP contribution in [-0.4, -0.2) is 0 Å². The Morgan fingerprint density at radius 2 is 0.368 bits per heavy atom. The molecule has 0 saturated heterocycles. The molecule has 0 atom stereocenters. The molecule has 2 aliphatic rings. The zero-order valence-electron chi connectivity index (χ0n) is 67.2. The Morgan fingerprint density at radius 1 is 0.149 bits per heavy atom. The molecule has 0 bridgehead atoms. The average Bonchev–Trinajstić information content (AvgIpc) is 1.52. The lowest BCUT2D eigenvalue weighted by Crippen LogP contribution is -2.17. The summed E-state index contributed by atoms with van der Waals surface area (Å²) in [5.74, 6) is 0. The molecule has 0 heteroatoms. The largest absolute Gasteiger partial charge is 0.0622 e. The summed E-state index contributed by atoms with van der Waals surface area (Å²) >= 11 is 0. The van der Waals surface area contributed by atoms with Crippen LogP contribution in [-0.2, 0) is 21.7 Å². The van der Waals surface area contributed by atoms with Crippen molar-refractivity contribution in [3.8, 4) is 89.0 Å². The van der Waals surface area contributed by atoms with Gasteiger partial charge in [-0.3, -0.25) is 0 Å². The molecule has 19 aromatic carbocycles. The Bertz CT molecular complexity index is 7290. The molecule has 0 saturated carbocycles. The van der Waals surface area contributed by atoms with Gasteiger partial charge in [0.15, 0.2) is 0 Å². The van der Waals surface area contributed by atoms with Gasteiger partial charge in [-0.25, -0.2) is 0 Å². The third kappa shape index (κ3) is 10.7. The highest BCUT2D eigenvalue weighted by molar-refractivity contribution is 6.25. The topological polar surface area (TPSA) is 0 Å². The summed E-state index contributed by atoms with van der Waals surface area (Å²) in [6.45, 7) is 28.7. The molecule has 0 N–H and O–H groups in total. The van der Waals surface area contributed by atoms with Gasteiger partial charge in [0.1, 0.15) is 0 Å². The second-order valence-electron chi connectivity index (χ2n) is 36.5. The van der Waals surface area contributed by atoms with E-state index in [1.807, 2.05) is 0 Å². The number of hydrogen-bond acceptors (Lipinski definition) is 0. The molecule has 0 amide bonds. The van der Waals surface area contributed by atoms with Crippen molar-refractivity contribution in [2.75, 3.05) is 0 Å². The maximum absolute atomic E-state index is 2.58. The minimum atomic E-state index is -0.132. The summed E-state index contributed by atoms with van der Waals surface area (Å²) in [6.07, 6.45) is 0. The lowest BCUT2D eigenvalue weighted by Gasteiger charge is -2.28. The van der Waals surface area contributed by atoms with Gasteiger partial charge in [-0.05, 0) is 285 Å². The summed E-state index contributed by atoms with van der Waals surface area (Å²) in [6, 6.07) is 127. The van der Waals surface area contributed by atoms with Crippen molar-refractivity contribution in [2.45, 2.75) is 105 Å². The molecule has 21 rings (SSSR count). The molecule has 19 aromatic rings. The fourth-order valence-corrected chi connectivity index (χ4v) is 19.8. The zero-order chi connectivity index (χ0) is 77.6. The first-order chi connectivity index (χ1) is 55.1. The van der Waals surface area contributed by atoms with E-state index < -0.39 is 0 Å². The molecule has 546 valence electrons. The van der Waals surface area contributed by atoms with Crippen molar-refractivity contribution in [3.63, 3.8) is 0 Å². The third-order valence-corrected chi connectivity index (χ3v) is 25.4. The summed E-state index contributed by atoms with van der Waals surface area (Å²) in [5.41, 5.74) is 24.6. The Balaban J connectivity index is 1.00. The quantitative estimate of drug-likeness (QED) is 0.133. The fraction of sp³-hybridized carbons (Fsp3) is 0.140. The zero-order valence-corrected chi connectivity index (χ0v) is 67.2. The van der Waals surface area contributed by atoms with E-state index in [0.29, 0.717) is 0 Å². The predicted octanol–water partition coefficient (Wildman–Crippen LogP) is 31.2. The van der Waals surface area contributed by atoms with Gasteiger partial charge in [-0.2, -0.15) is 0 Å². The van der Waals surface area contributed by atoms with Crippen LogP contribution in [0, 0.1) is 41.7 Å². The smallest absolute Gasteiger partial charge is 0.000740 e. The van der Waals surface area contributed by atoms with Crippen molar-refractivity contribution in [1.82, 2.24) is 0 Å². The fourth-order valence-electron chi connectivity index (χ4n) is 19.8. The van der Waals surface area contributed by atoms with E-state index in [1.165, 1.54) is 239 Å². The molecule has 0 nitrogen and oxygen atoms in total. The maximum Gasteiger partial charge on any atom is -0.000740 e. The van der Waals surface area contributed by atoms with Crippen LogP contribution >= 0.6 is 0 Å². The Morgan fingerprint density at radius 3 is 0.640 bits per heavy atom. The highest BCUT2D eigenvalue weighted by Crippen LogP contribution is 2.53. The van der Waals surface area contributed by atoms with Gasteiger partial charge in [0.05, 0.1) is 0 Å². The van der Waals surface area contributed by atoms with E-state index in [4.69, 9.17) is 0 Å². The molecule has 0 fully saturated rings. The average molecular weight is 1460 g/mol. The predicted molar refractivity (Wildman–Crippen MR) is 488 cm³/mol. The van der Waals surface area contributed by atoms with Crippen LogP contribution in [0.4, 0.5) is 0 Å². The van der Waals surface area contributed by atoms with Crippen LogP contribution < -0.4 is 0 Å². The SMILES string of the molecule is CC(C)(C)c1cc(-c2c3c(c(-c4cc(C(C)(C)C)cc(C(C)(C)C)c4)c4cc5ccccc5cc24)=c2ccc4c5c(ccc=3c25)=c2c(-c3ccc5c(-c6ccccc6)c6ccccc6c(-c6ccccc6)c5c3)c3ccccc3c(-c3ccc5c(-c6ccccc6)c6ccccc6c(-c6ccccc6)c5c3)c2=4)cc(C(C)(C)C)c1. The van der Waals surface area contributed by atoms with Gasteiger partial charge in [0.25, 0.3) is 0 Å². The minimum Gasteiger partial charge on any atom is -0.0622 e. The van der Waals surface area contributed by atoms with Gasteiger partial charge in [0.2, 0.25) is 0 Å². The van der Waals surface area contributed by atoms with Gasteiger partial charge in [0, 0.05) is 0 Å². The van der Waals surface area contributed by atoms with Crippen LogP contribution in [0.25, 0.3) is 175 Å². The number of hydrogen-bond donors (Lipinski definition) is 0. The van der Waals surface area contributed by atoms with Crippen molar-refractivity contribution in [2.24, 2.45) is 0 Å². The summed E-state index contributed by atoms with van der Waals surface area (Å²) < 4.78 is 0. The highest BCUT2D eigenvalue weighted by atomic mass is 14.3. The van der Waals surface area contributed by atoms with Crippen LogP contribution in [0.3, 0.4) is 0 Å². The first-order valence-corrected chi connectivity index (χ1v) is 40.9. The Labute approximate surface area is 667 Å². The van der Waals surface area contributed by atoms with Crippen LogP contribution in [0.2, 0.25) is 0 Å². The van der Waals surface area contributed by atoms with Crippen LogP contribution in [0.1, 0.15) is 105 Å². The van der Waals surface area contributed by atoms with Crippen LogP contribution in [0.5, 0.6) is 0 Å². The van der Waals surface area contributed by atoms with Crippen molar-refractivity contribution < 1.29 is 0 Å². The standard InChI is InChI=1S/C114H90/c1-111(2,3)77-57-75(58-78(65-77)112(4,5)6)103-95-61-71-41-25-26-42-72(71)62-96(95)104(76-59-79(113(7,8)9)66-80(60-76)114(10,11)12)110-92-56-54-90-105-89(53-55-91(106(92)105)109(103)110)107-101(73-49-51-87-93(63-73)99(69-37-21-15-22-38-69)83-45-29-27-43-81(83)97(87)67-33-17-13-18-34-67)85-47-31-32-48-86(85)102(108(90)107)74-50-52-88-94(64-74)100(70-39-23-16-24-40-70)84-46-30-28-44-82(84)98(88)68-35-19-14-20-36-68/h13-66H,1-12H3. The lowest BCUT2D eigenvalue weighted by atomic mass is 9.77. The molecular weight excluding hydrogens is 1370 g/mol.